The fourth-order valence-electron chi connectivity index (χ4n) is 2.09. The molecule has 0 atom stereocenters. The van der Waals surface area contributed by atoms with Crippen molar-refractivity contribution >= 4 is 5.97 Å². The Kier molecular flexibility index (Phi) is 2.72. The molecular formula is C12H16F2N2O2. The number of aromatic nitrogens is 2. The van der Waals surface area contributed by atoms with Crippen molar-refractivity contribution in [3.05, 3.63) is 17.0 Å². The lowest BCUT2D eigenvalue weighted by atomic mass is 10.1. The minimum atomic E-state index is -3.12. The van der Waals surface area contributed by atoms with Crippen molar-refractivity contribution in [3.8, 4) is 0 Å². The summed E-state index contributed by atoms with van der Waals surface area (Å²) in [5.41, 5.74) is -0.508. The van der Waals surface area contributed by atoms with Crippen molar-refractivity contribution in [3.63, 3.8) is 0 Å². The van der Waals surface area contributed by atoms with Crippen LogP contribution >= 0.6 is 0 Å². The van der Waals surface area contributed by atoms with E-state index in [4.69, 9.17) is 5.11 Å². The number of alkyl halides is 2. The number of carboxylic acids is 1. The van der Waals surface area contributed by atoms with E-state index in [0.29, 0.717) is 6.54 Å². The minimum Gasteiger partial charge on any atom is -0.477 e. The maximum Gasteiger partial charge on any atom is 0.354 e. The maximum absolute atomic E-state index is 13.4. The zero-order chi connectivity index (χ0) is 13.7. The molecule has 1 aliphatic carbocycles. The Labute approximate surface area is 104 Å². The number of nitrogens with zero attached hydrogens (tertiary/aromatic N) is 2. The summed E-state index contributed by atoms with van der Waals surface area (Å²) in [6.07, 6.45) is 1.95. The van der Waals surface area contributed by atoms with Crippen LogP contribution in [-0.4, -0.2) is 20.9 Å². The van der Waals surface area contributed by atoms with Crippen LogP contribution in [0.1, 0.15) is 48.4 Å². The lowest BCUT2D eigenvalue weighted by Crippen LogP contribution is -2.16. The van der Waals surface area contributed by atoms with E-state index in [1.165, 1.54) is 11.6 Å². The van der Waals surface area contributed by atoms with Crippen LogP contribution in [-0.2, 0) is 12.5 Å². The Balaban J connectivity index is 2.47. The molecule has 18 heavy (non-hydrogen) atoms. The number of rotatable bonds is 4. The summed E-state index contributed by atoms with van der Waals surface area (Å²) in [5.74, 6) is -4.33. The Morgan fingerprint density at radius 1 is 1.56 bits per heavy atom. The van der Waals surface area contributed by atoms with Crippen molar-refractivity contribution in [2.24, 2.45) is 5.41 Å². The van der Waals surface area contributed by atoms with E-state index < -0.39 is 17.6 Å². The molecule has 6 heteroatoms. The van der Waals surface area contributed by atoms with Gasteiger partial charge in [-0.15, -0.1) is 0 Å². The topological polar surface area (TPSA) is 55.1 Å². The quantitative estimate of drug-likeness (QED) is 0.903. The zero-order valence-corrected chi connectivity index (χ0v) is 10.6. The van der Waals surface area contributed by atoms with Gasteiger partial charge in [0.2, 0.25) is 0 Å². The van der Waals surface area contributed by atoms with Crippen molar-refractivity contribution in [1.29, 1.82) is 0 Å². The summed E-state index contributed by atoms with van der Waals surface area (Å²) >= 11 is 0. The molecule has 1 aliphatic rings. The Hall–Kier alpha value is -1.46. The van der Waals surface area contributed by atoms with E-state index in [1.54, 1.807) is 0 Å². The summed E-state index contributed by atoms with van der Waals surface area (Å²) in [6, 6.07) is 0. The third kappa shape index (κ3) is 2.23. The van der Waals surface area contributed by atoms with Gasteiger partial charge in [-0.1, -0.05) is 6.92 Å². The van der Waals surface area contributed by atoms with E-state index in [2.05, 4.69) is 5.10 Å². The Morgan fingerprint density at radius 3 is 2.50 bits per heavy atom. The molecule has 1 aromatic heterocycles. The smallest absolute Gasteiger partial charge is 0.354 e. The summed E-state index contributed by atoms with van der Waals surface area (Å²) in [7, 11) is 0. The van der Waals surface area contributed by atoms with Crippen LogP contribution in [0.15, 0.2) is 0 Å². The molecule has 0 bridgehead atoms. The highest BCUT2D eigenvalue weighted by atomic mass is 19.3. The molecular weight excluding hydrogens is 242 g/mol. The van der Waals surface area contributed by atoms with Crippen LogP contribution in [0.5, 0.6) is 0 Å². The monoisotopic (exact) mass is 258 g/mol. The van der Waals surface area contributed by atoms with E-state index >= 15 is 0 Å². The molecule has 0 radical (unpaired) electrons. The third-order valence-electron chi connectivity index (χ3n) is 3.44. The highest BCUT2D eigenvalue weighted by molar-refractivity contribution is 5.87. The molecule has 100 valence electrons. The molecule has 0 unspecified atom stereocenters. The second-order valence-electron chi connectivity index (χ2n) is 5.48. The van der Waals surface area contributed by atoms with E-state index in [1.807, 2.05) is 6.92 Å². The molecule has 1 saturated carbocycles. The molecule has 1 aromatic rings. The van der Waals surface area contributed by atoms with Gasteiger partial charge in [0, 0.05) is 19.0 Å². The lowest BCUT2D eigenvalue weighted by Gasteiger charge is -2.10. The normalized spacial score (nSPS) is 17.8. The molecule has 2 rings (SSSR count). The van der Waals surface area contributed by atoms with Crippen LogP contribution in [0.4, 0.5) is 8.78 Å². The first kappa shape index (κ1) is 13.0. The fraction of sp³-hybridized carbons (Fsp3) is 0.667. The highest BCUT2D eigenvalue weighted by Crippen LogP contribution is 2.46. The van der Waals surface area contributed by atoms with Gasteiger partial charge < -0.3 is 5.11 Å². The first-order chi connectivity index (χ1) is 8.14. The predicted molar refractivity (Wildman–Crippen MR) is 60.8 cm³/mol. The second kappa shape index (κ2) is 3.76. The van der Waals surface area contributed by atoms with E-state index in [0.717, 1.165) is 19.8 Å². The molecule has 1 fully saturated rings. The summed E-state index contributed by atoms with van der Waals surface area (Å²) in [6.45, 7) is 4.50. The van der Waals surface area contributed by atoms with Crippen molar-refractivity contribution < 1.29 is 18.7 Å². The first-order valence-corrected chi connectivity index (χ1v) is 5.83. The maximum atomic E-state index is 13.4. The minimum absolute atomic E-state index is 0.00293. The van der Waals surface area contributed by atoms with Gasteiger partial charge >= 0.3 is 5.97 Å². The van der Waals surface area contributed by atoms with Gasteiger partial charge in [0.15, 0.2) is 0 Å². The van der Waals surface area contributed by atoms with Crippen molar-refractivity contribution in [2.45, 2.75) is 46.1 Å². The van der Waals surface area contributed by atoms with Gasteiger partial charge in [-0.2, -0.15) is 13.9 Å². The van der Waals surface area contributed by atoms with E-state index in [9.17, 15) is 13.6 Å². The molecule has 4 nitrogen and oxygen atoms in total. The molecule has 1 N–H and O–H groups in total. The molecule has 0 aliphatic heterocycles. The van der Waals surface area contributed by atoms with E-state index in [-0.39, 0.29) is 16.7 Å². The summed E-state index contributed by atoms with van der Waals surface area (Å²) in [5, 5.41) is 13.0. The number of aromatic carboxylic acids is 1. The third-order valence-corrected chi connectivity index (χ3v) is 3.44. The molecule has 0 amide bonds. The van der Waals surface area contributed by atoms with Gasteiger partial charge in [-0.3, -0.25) is 4.68 Å². The van der Waals surface area contributed by atoms with Crippen molar-refractivity contribution in [1.82, 2.24) is 9.78 Å². The molecule has 0 spiro atoms. The van der Waals surface area contributed by atoms with Gasteiger partial charge in [0.05, 0.1) is 0 Å². The number of halogens is 2. The standard InChI is InChI=1S/C12H16F2N2O2/c1-7-8(10(17)18)16(6-11(2)4-5-11)15-9(7)12(3,13)14/h4-6H2,1-3H3,(H,17,18). The van der Waals surface area contributed by atoms with Gasteiger partial charge in [-0.05, 0) is 25.2 Å². The van der Waals surface area contributed by atoms with Gasteiger partial charge in [-0.25, -0.2) is 4.79 Å². The van der Waals surface area contributed by atoms with Crippen LogP contribution in [0.3, 0.4) is 0 Å². The average molecular weight is 258 g/mol. The Bertz CT molecular complexity index is 499. The highest BCUT2D eigenvalue weighted by Gasteiger charge is 2.41. The van der Waals surface area contributed by atoms with Crippen LogP contribution in [0.25, 0.3) is 0 Å². The Morgan fingerprint density at radius 2 is 2.11 bits per heavy atom. The van der Waals surface area contributed by atoms with Gasteiger partial charge in [0.1, 0.15) is 11.4 Å². The largest absolute Gasteiger partial charge is 0.477 e. The zero-order valence-electron chi connectivity index (χ0n) is 10.6. The first-order valence-electron chi connectivity index (χ1n) is 5.83. The molecule has 1 heterocycles. The SMILES string of the molecule is Cc1c(C(C)(F)F)nn(CC2(C)CC2)c1C(=O)O. The number of carbonyl (C=O) groups is 1. The van der Waals surface area contributed by atoms with Crippen LogP contribution < -0.4 is 0 Å². The average Bonchev–Trinajstić information content (AvgIpc) is 2.79. The predicted octanol–water partition coefficient (Wildman–Crippen LogP) is 2.80. The number of hydrogen-bond acceptors (Lipinski definition) is 2. The number of hydrogen-bond donors (Lipinski definition) is 1. The summed E-state index contributed by atoms with van der Waals surface area (Å²) in [4.78, 5) is 11.2. The fourth-order valence-corrected chi connectivity index (χ4v) is 2.09. The molecule has 0 saturated heterocycles. The van der Waals surface area contributed by atoms with Gasteiger partial charge in [0.25, 0.3) is 5.92 Å². The lowest BCUT2D eigenvalue weighted by molar-refractivity contribution is 0.0113. The van der Waals surface area contributed by atoms with Crippen LogP contribution in [0, 0.1) is 12.3 Å². The van der Waals surface area contributed by atoms with Crippen molar-refractivity contribution in [2.75, 3.05) is 0 Å². The summed E-state index contributed by atoms with van der Waals surface area (Å²) < 4.78 is 27.9. The van der Waals surface area contributed by atoms with Crippen LogP contribution in [0.2, 0.25) is 0 Å². The number of carboxylic acid groups (broad SMARTS) is 1. The molecule has 0 aromatic carbocycles. The second-order valence-corrected chi connectivity index (χ2v) is 5.48.